The van der Waals surface area contributed by atoms with Crippen LogP contribution in [-0.2, 0) is 115 Å². The van der Waals surface area contributed by atoms with Crippen molar-refractivity contribution in [3.05, 3.63) is 108 Å². The average molecular weight is 1870 g/mol. The molecule has 3 aromatic rings. The molecule has 18 N–H and O–H groups in total. The van der Waals surface area contributed by atoms with Gasteiger partial charge < -0.3 is 93.8 Å². The molecule has 0 saturated heterocycles. The standard InChI is InChI=1S/C93H129N9O29S/c1-8-53(4)86(81(117)40-61(34-58-19-24-65(107)25-20-58)89(127)97-73(33-52(2)3)77(113)38-62(42-84(121)122)88(126)96-54(5)15-12-13-31-94)101-91(129)64(48-103)41-78(114)74(36-59-21-26-66(108)27-22-59)98-90(128)63(43-85(123)124)39-79(115)76(49-104)100-93(131)72(56(7)106)45-80(116)75(35-57-16-10-9-11-17-57)99-92(130)71(55(6)105)44-69(111)46-95-87(125)60(23-30-83(119)120)37-70(112)51-132-50-68(110)18-14-32-102-47-67(109)28-29-82(102)118/h9-11,16-17,19-22,24-29,52-56,60-64,71-76,86,103-108H,8,12-15,18,23,30-51,94H2,1-7H3,(H,95,125)(H,96,126)(H,97,127)(H,98,128)(H,99,130)(H,100,131)(H,101,129)(H,119,120)(H,121,122)(H,123,124)/t53-,54+,55+,56+,60+,61+,62-,63-,64-,71-,72-,73-,74-,75-,76-,86-/m0/s1. The number of carbonyl (C=O) groups excluding carboxylic acids is 17. The van der Waals surface area contributed by atoms with Gasteiger partial charge in [-0.05, 0) is 138 Å². The van der Waals surface area contributed by atoms with Crippen LogP contribution in [0.3, 0.4) is 0 Å². The molecule has 0 saturated carbocycles. The molecule has 1 aliphatic rings. The number of ketones is 9. The Morgan fingerprint density at radius 1 is 0.439 bits per heavy atom. The van der Waals surface area contributed by atoms with E-state index in [1.807, 2.05) is 0 Å². The molecule has 4 rings (SSSR count). The van der Waals surface area contributed by atoms with Gasteiger partial charge in [-0.2, -0.15) is 0 Å². The number of aliphatic carboxylic acids is 3. The molecule has 39 heteroatoms. The summed E-state index contributed by atoms with van der Waals surface area (Å²) in [6.07, 6.45) is -7.65. The van der Waals surface area contributed by atoms with Crippen molar-refractivity contribution in [2.24, 2.45) is 59.0 Å². The fourth-order valence-corrected chi connectivity index (χ4v) is 15.6. The minimum Gasteiger partial charge on any atom is -0.508 e. The Kier molecular flexibility index (Phi) is 49.8. The largest absolute Gasteiger partial charge is 0.508 e. The second-order valence-electron chi connectivity index (χ2n) is 34.3. The van der Waals surface area contributed by atoms with Gasteiger partial charge in [0.1, 0.15) is 29.1 Å². The maximum absolute atomic E-state index is 14.8. The molecule has 0 unspecified atom stereocenters. The molecule has 0 aliphatic carbocycles. The number of Topliss-reactive ketones (excluding diaryl/α,β-unsaturated/α-hetero) is 8. The molecule has 3 aromatic carbocycles. The Morgan fingerprint density at radius 3 is 1.45 bits per heavy atom. The predicted octanol–water partition coefficient (Wildman–Crippen LogP) is 2.03. The Balaban J connectivity index is 1.52. The van der Waals surface area contributed by atoms with Crippen molar-refractivity contribution in [2.75, 3.05) is 50.9 Å². The second-order valence-corrected chi connectivity index (χ2v) is 35.3. The summed E-state index contributed by atoms with van der Waals surface area (Å²) in [6, 6.07) is 10.4. The van der Waals surface area contributed by atoms with Crippen molar-refractivity contribution in [3.8, 4) is 11.5 Å². The number of amides is 8. The number of nitrogens with one attached hydrogen (secondary N) is 7. The average Bonchev–Trinajstić information content (AvgIpc) is 0.843. The highest BCUT2D eigenvalue weighted by molar-refractivity contribution is 8.00. The monoisotopic (exact) mass is 1870 g/mol. The summed E-state index contributed by atoms with van der Waals surface area (Å²) in [5.74, 6) is -30.8. The normalized spacial score (nSPS) is 15.6. The first kappa shape index (κ1) is 113. The lowest BCUT2D eigenvalue weighted by Gasteiger charge is -2.28. The highest BCUT2D eigenvalue weighted by Crippen LogP contribution is 2.27. The van der Waals surface area contributed by atoms with Crippen molar-refractivity contribution in [3.63, 3.8) is 0 Å². The van der Waals surface area contributed by atoms with Crippen molar-refractivity contribution >= 4 is 129 Å². The van der Waals surface area contributed by atoms with Crippen LogP contribution in [0, 0.1) is 53.3 Å². The van der Waals surface area contributed by atoms with Crippen LogP contribution in [-0.4, -0.2) is 267 Å². The second kappa shape index (κ2) is 58.3. The first-order valence-electron chi connectivity index (χ1n) is 44.2. The van der Waals surface area contributed by atoms with Gasteiger partial charge in [-0.1, -0.05) is 95.1 Å². The van der Waals surface area contributed by atoms with E-state index < -0.39 is 286 Å². The molecule has 16 atom stereocenters. The van der Waals surface area contributed by atoms with Gasteiger partial charge in [-0.25, -0.2) is 0 Å². The number of carboxylic acids is 3. The van der Waals surface area contributed by atoms with Crippen LogP contribution in [0.1, 0.15) is 181 Å². The molecule has 0 spiro atoms. The van der Waals surface area contributed by atoms with E-state index in [1.165, 1.54) is 59.5 Å². The van der Waals surface area contributed by atoms with E-state index in [0.717, 1.165) is 31.7 Å². The number of rotatable bonds is 67. The first-order chi connectivity index (χ1) is 62.3. The Hall–Kier alpha value is -11.7. The van der Waals surface area contributed by atoms with Crippen LogP contribution in [0.4, 0.5) is 0 Å². The number of carboxylic acid groups (broad SMARTS) is 3. The molecule has 0 fully saturated rings. The van der Waals surface area contributed by atoms with Crippen LogP contribution in [0.5, 0.6) is 11.5 Å². The van der Waals surface area contributed by atoms with E-state index in [1.54, 1.807) is 65.0 Å². The quantitative estimate of drug-likeness (QED) is 0.0359. The molecule has 8 amide bonds. The maximum Gasteiger partial charge on any atom is 0.304 e. The summed E-state index contributed by atoms with van der Waals surface area (Å²) < 4.78 is 0. The number of thioether (sulfide) groups is 1. The SMILES string of the molecule is CC[C@H](C)[C@H](NC(=O)[C@H](CO)CC(=O)[C@H](Cc1ccc(O)cc1)NC(=O)[C@H](CC(=O)O)CC(=O)[C@H](CO)NC(=O)[C@@H](CC(=O)[C@H](Cc1ccccc1)NC(=O)[C@@H](CC(=O)CNC(=O)[C@H](CCC(=O)O)CC(=O)CSCC(=O)CCCN1CC(=O)C=CC1=O)[C@@H](C)O)[C@@H](C)O)C(=O)C[C@@H](Cc1ccc(O)cc1)C(=O)N[C@@H](CC(C)C)C(=O)C[C@@H](CC(=O)O)C(=O)N[C@H](C)CCCCN. The summed E-state index contributed by atoms with van der Waals surface area (Å²) >= 11 is 0.944. The molecule has 0 bridgehead atoms. The predicted molar refractivity (Wildman–Crippen MR) is 479 cm³/mol. The van der Waals surface area contributed by atoms with Crippen molar-refractivity contribution in [2.45, 2.75) is 232 Å². The number of phenols is 2. The third kappa shape index (κ3) is 41.4. The zero-order valence-electron chi connectivity index (χ0n) is 75.6. The summed E-state index contributed by atoms with van der Waals surface area (Å²) in [4.78, 5) is 272. The molecule has 0 aromatic heterocycles. The molecule has 1 aliphatic heterocycles. The van der Waals surface area contributed by atoms with Crippen LogP contribution in [0.15, 0.2) is 91.0 Å². The Bertz CT molecular complexity index is 4490. The van der Waals surface area contributed by atoms with E-state index in [-0.39, 0.29) is 110 Å². The van der Waals surface area contributed by atoms with E-state index in [4.69, 9.17) is 5.73 Å². The van der Waals surface area contributed by atoms with Gasteiger partial charge in [0.25, 0.3) is 0 Å². The van der Waals surface area contributed by atoms with Crippen LogP contribution in [0.2, 0.25) is 0 Å². The lowest BCUT2D eigenvalue weighted by Crippen LogP contribution is -2.52. The molecule has 0 radical (unpaired) electrons. The number of aliphatic hydroxyl groups is 4. The van der Waals surface area contributed by atoms with Crippen molar-refractivity contribution < 1.29 is 142 Å². The molecule has 132 heavy (non-hydrogen) atoms. The smallest absolute Gasteiger partial charge is 0.304 e. The highest BCUT2D eigenvalue weighted by Gasteiger charge is 2.41. The number of nitrogens with two attached hydrogens (primary N) is 1. The third-order valence-electron chi connectivity index (χ3n) is 22.7. The van der Waals surface area contributed by atoms with Gasteiger partial charge in [0.05, 0.1) is 117 Å². The topological polar surface area (TPSA) is 637 Å². The molecule has 726 valence electrons. The third-order valence-corrected chi connectivity index (χ3v) is 23.7. The van der Waals surface area contributed by atoms with Crippen LogP contribution < -0.4 is 43.0 Å². The van der Waals surface area contributed by atoms with Crippen LogP contribution >= 0.6 is 11.8 Å². The molecule has 1 heterocycles. The van der Waals surface area contributed by atoms with Gasteiger partial charge in [-0.15, -0.1) is 11.8 Å². The number of unbranched alkanes of at least 4 members (excludes halogenated alkanes) is 1. The van der Waals surface area contributed by atoms with Gasteiger partial charge in [-0.3, -0.25) is 95.9 Å². The number of aromatic hydroxyl groups is 2. The number of hydrogen-bond acceptors (Lipinski definition) is 28. The van der Waals surface area contributed by atoms with E-state index in [9.17, 15) is 142 Å². The molecular weight excluding hydrogens is 1740 g/mol. The van der Waals surface area contributed by atoms with Gasteiger partial charge in [0, 0.05) is 88.3 Å². The molecular formula is C93H129N9O29S. The Labute approximate surface area is 770 Å². The van der Waals surface area contributed by atoms with Crippen molar-refractivity contribution in [1.29, 1.82) is 0 Å². The fourth-order valence-electron chi connectivity index (χ4n) is 14.8. The fraction of sp³-hybridized carbons (Fsp3) is 0.570. The highest BCUT2D eigenvalue weighted by atomic mass is 32.2. The van der Waals surface area contributed by atoms with Gasteiger partial charge >= 0.3 is 17.9 Å². The zero-order valence-corrected chi connectivity index (χ0v) is 76.4. The summed E-state index contributed by atoms with van der Waals surface area (Å²) in [5.41, 5.74) is 6.76. The first-order valence-corrected chi connectivity index (χ1v) is 45.4. The summed E-state index contributed by atoms with van der Waals surface area (Å²) in [7, 11) is 0. The Morgan fingerprint density at radius 2 is 0.917 bits per heavy atom. The van der Waals surface area contributed by atoms with E-state index in [2.05, 4.69) is 37.2 Å². The minimum absolute atomic E-state index is 0.0232. The summed E-state index contributed by atoms with van der Waals surface area (Å²) in [5, 5.41) is 111. The molecule has 38 nitrogen and oxygen atoms in total. The summed E-state index contributed by atoms with van der Waals surface area (Å²) in [6.45, 7) is 8.16. The number of hydrogen-bond donors (Lipinski definition) is 17. The van der Waals surface area contributed by atoms with Crippen LogP contribution in [0.25, 0.3) is 0 Å². The number of phenolic OH excluding ortho intramolecular Hbond substituents is 2. The minimum atomic E-state index is -2.00. The lowest BCUT2D eigenvalue weighted by molar-refractivity contribution is -0.143. The number of benzene rings is 3. The zero-order chi connectivity index (χ0) is 98.6. The van der Waals surface area contributed by atoms with Gasteiger partial charge in [0.15, 0.2) is 40.5 Å². The van der Waals surface area contributed by atoms with E-state index in [0.29, 0.717) is 36.9 Å². The number of carbonyl (C=O) groups is 20. The van der Waals surface area contributed by atoms with Crippen molar-refractivity contribution in [1.82, 2.24) is 42.1 Å². The maximum atomic E-state index is 14.8. The number of nitrogens with zero attached hydrogens (tertiary/aromatic N) is 1. The number of aliphatic hydroxyl groups excluding tert-OH is 4. The lowest BCUT2D eigenvalue weighted by atomic mass is 9.85. The van der Waals surface area contributed by atoms with Gasteiger partial charge in [0.2, 0.25) is 47.3 Å². The van der Waals surface area contributed by atoms with E-state index >= 15 is 0 Å².